The van der Waals surface area contributed by atoms with E-state index >= 15 is 0 Å². The molecule has 0 saturated heterocycles. The van der Waals surface area contributed by atoms with Gasteiger partial charge in [0, 0.05) is 44.6 Å². The van der Waals surface area contributed by atoms with Gasteiger partial charge in [0.2, 0.25) is 0 Å². The second-order valence-corrected chi connectivity index (χ2v) is 6.58. The molecule has 4 N–H and O–H groups in total. The van der Waals surface area contributed by atoms with E-state index in [-0.39, 0.29) is 0 Å². The highest BCUT2D eigenvalue weighted by Gasteiger charge is 2.07. The fourth-order valence-corrected chi connectivity index (χ4v) is 2.90. The third kappa shape index (κ3) is 4.86. The van der Waals surface area contributed by atoms with Crippen molar-refractivity contribution < 1.29 is 9.47 Å². The summed E-state index contributed by atoms with van der Waals surface area (Å²) in [5.41, 5.74) is 12.5. The zero-order valence-electron chi connectivity index (χ0n) is 12.8. The van der Waals surface area contributed by atoms with Crippen LogP contribution in [0.4, 0.5) is 11.4 Å². The lowest BCUT2D eigenvalue weighted by molar-refractivity contribution is 0.461. The van der Waals surface area contributed by atoms with Crippen molar-refractivity contribution in [2.24, 2.45) is 0 Å². The van der Waals surface area contributed by atoms with Gasteiger partial charge in [-0.15, -0.1) is 0 Å². The Hall–Kier alpha value is -2.27. The van der Waals surface area contributed by atoms with Crippen LogP contribution in [0.25, 0.3) is 0 Å². The minimum Gasteiger partial charge on any atom is -0.457 e. The second-order valence-electron chi connectivity index (χ2n) is 5.27. The van der Waals surface area contributed by atoms with Gasteiger partial charge in [-0.3, -0.25) is 0 Å². The van der Waals surface area contributed by atoms with Crippen molar-refractivity contribution in [2.75, 3.05) is 11.5 Å². The molecule has 4 nitrogen and oxygen atoms in total. The van der Waals surface area contributed by atoms with Crippen molar-refractivity contribution in [2.45, 2.75) is 0 Å². The number of hydrogen-bond acceptors (Lipinski definition) is 4. The fourth-order valence-electron chi connectivity index (χ4n) is 2.21. The third-order valence-electron chi connectivity index (χ3n) is 3.10. The van der Waals surface area contributed by atoms with Crippen molar-refractivity contribution in [1.29, 1.82) is 0 Å². The molecule has 0 fully saturated rings. The first-order valence-electron chi connectivity index (χ1n) is 7.16. The Kier molecular flexibility index (Phi) is 5.13. The molecular weight excluding hydrogens is 383 g/mol. The monoisotopic (exact) mass is 394 g/mol. The van der Waals surface area contributed by atoms with Crippen LogP contribution >= 0.6 is 34.8 Å². The molecule has 0 atom stereocenters. The standard InChI is InChI=1S/C18H13Cl3N2O2/c19-10-1-13(22)7-15(3-10)24-17-5-12(21)6-18(9-17)25-16-4-11(20)2-14(23)8-16/h1-9H,22-23H2. The smallest absolute Gasteiger partial charge is 0.132 e. The summed E-state index contributed by atoms with van der Waals surface area (Å²) in [6.45, 7) is 0. The predicted octanol–water partition coefficient (Wildman–Crippen LogP) is 6.40. The molecule has 0 saturated carbocycles. The average molecular weight is 396 g/mol. The van der Waals surface area contributed by atoms with E-state index in [0.717, 1.165) is 0 Å². The minimum atomic E-state index is 0.442. The number of anilines is 2. The lowest BCUT2D eigenvalue weighted by Gasteiger charge is -2.11. The highest BCUT2D eigenvalue weighted by Crippen LogP contribution is 2.34. The molecule has 0 aliphatic carbocycles. The van der Waals surface area contributed by atoms with Gasteiger partial charge in [-0.2, -0.15) is 0 Å². The molecule has 3 rings (SSSR count). The summed E-state index contributed by atoms with van der Waals surface area (Å²) >= 11 is 18.1. The third-order valence-corrected chi connectivity index (χ3v) is 3.76. The highest BCUT2D eigenvalue weighted by molar-refractivity contribution is 6.31. The van der Waals surface area contributed by atoms with Crippen LogP contribution in [0.1, 0.15) is 0 Å². The summed E-state index contributed by atoms with van der Waals surface area (Å²) in [7, 11) is 0. The van der Waals surface area contributed by atoms with Gasteiger partial charge in [-0.25, -0.2) is 0 Å². The largest absolute Gasteiger partial charge is 0.457 e. The Morgan fingerprint density at radius 2 is 0.800 bits per heavy atom. The van der Waals surface area contributed by atoms with Gasteiger partial charge >= 0.3 is 0 Å². The molecule has 0 bridgehead atoms. The van der Waals surface area contributed by atoms with Gasteiger partial charge in [-0.1, -0.05) is 34.8 Å². The molecule has 3 aromatic rings. The van der Waals surface area contributed by atoms with E-state index in [1.165, 1.54) is 0 Å². The van der Waals surface area contributed by atoms with E-state index in [1.54, 1.807) is 54.6 Å². The normalized spacial score (nSPS) is 10.5. The quantitative estimate of drug-likeness (QED) is 0.502. The van der Waals surface area contributed by atoms with E-state index in [4.69, 9.17) is 55.7 Å². The van der Waals surface area contributed by atoms with Crippen LogP contribution in [0.5, 0.6) is 23.0 Å². The molecule has 0 radical (unpaired) electrons. The molecule has 7 heteroatoms. The fraction of sp³-hybridized carbons (Fsp3) is 0. The second kappa shape index (κ2) is 7.31. The van der Waals surface area contributed by atoms with Gasteiger partial charge in [0.25, 0.3) is 0 Å². The predicted molar refractivity (Wildman–Crippen MR) is 103 cm³/mol. The van der Waals surface area contributed by atoms with E-state index < -0.39 is 0 Å². The molecular formula is C18H13Cl3N2O2. The van der Waals surface area contributed by atoms with Crippen LogP contribution in [0, 0.1) is 0 Å². The number of hydrogen-bond donors (Lipinski definition) is 2. The van der Waals surface area contributed by atoms with Crippen molar-refractivity contribution in [3.63, 3.8) is 0 Å². The SMILES string of the molecule is Nc1cc(Cl)cc(Oc2cc(Cl)cc(Oc3cc(N)cc(Cl)c3)c2)c1. The zero-order valence-corrected chi connectivity index (χ0v) is 15.1. The summed E-state index contributed by atoms with van der Waals surface area (Å²) < 4.78 is 11.5. The molecule has 0 aromatic heterocycles. The maximum absolute atomic E-state index is 6.15. The number of ether oxygens (including phenoxy) is 2. The maximum Gasteiger partial charge on any atom is 0.132 e. The first kappa shape index (κ1) is 17.5. The van der Waals surface area contributed by atoms with Gasteiger partial charge in [0.05, 0.1) is 0 Å². The number of nitrogen functional groups attached to an aromatic ring is 2. The van der Waals surface area contributed by atoms with Crippen LogP contribution in [0.3, 0.4) is 0 Å². The molecule has 0 aliphatic rings. The summed E-state index contributed by atoms with van der Waals surface area (Å²) in [5, 5.41) is 1.39. The van der Waals surface area contributed by atoms with Gasteiger partial charge in [-0.05, 0) is 36.4 Å². The summed E-state index contributed by atoms with van der Waals surface area (Å²) in [4.78, 5) is 0. The van der Waals surface area contributed by atoms with Crippen LogP contribution in [0.15, 0.2) is 54.6 Å². The first-order valence-corrected chi connectivity index (χ1v) is 8.29. The van der Waals surface area contributed by atoms with Gasteiger partial charge in [0.1, 0.15) is 23.0 Å². The Morgan fingerprint density at radius 1 is 0.480 bits per heavy atom. The number of halogens is 3. The van der Waals surface area contributed by atoms with Crippen LogP contribution in [-0.2, 0) is 0 Å². The van der Waals surface area contributed by atoms with Crippen LogP contribution in [-0.4, -0.2) is 0 Å². The Morgan fingerprint density at radius 3 is 1.16 bits per heavy atom. The molecule has 25 heavy (non-hydrogen) atoms. The van der Waals surface area contributed by atoms with Crippen molar-refractivity contribution in [1.82, 2.24) is 0 Å². The lowest BCUT2D eigenvalue weighted by Crippen LogP contribution is -1.91. The Bertz CT molecular complexity index is 820. The van der Waals surface area contributed by atoms with E-state index in [1.807, 2.05) is 0 Å². The van der Waals surface area contributed by atoms with Gasteiger partial charge < -0.3 is 20.9 Å². The first-order chi connectivity index (χ1) is 11.9. The van der Waals surface area contributed by atoms with Crippen LogP contribution < -0.4 is 20.9 Å². The maximum atomic E-state index is 6.15. The number of nitrogens with two attached hydrogens (primary N) is 2. The summed E-state index contributed by atoms with van der Waals surface area (Å²) in [6, 6.07) is 14.9. The summed E-state index contributed by atoms with van der Waals surface area (Å²) in [6.07, 6.45) is 0. The average Bonchev–Trinajstić information content (AvgIpc) is 2.43. The topological polar surface area (TPSA) is 70.5 Å². The minimum absolute atomic E-state index is 0.442. The Labute approximate surface area is 159 Å². The number of benzene rings is 3. The van der Waals surface area contributed by atoms with Crippen molar-refractivity contribution in [3.05, 3.63) is 69.7 Å². The molecule has 0 amide bonds. The van der Waals surface area contributed by atoms with E-state index in [2.05, 4.69) is 0 Å². The van der Waals surface area contributed by atoms with Gasteiger partial charge in [0.15, 0.2) is 0 Å². The van der Waals surface area contributed by atoms with Crippen LogP contribution in [0.2, 0.25) is 15.1 Å². The molecule has 0 heterocycles. The van der Waals surface area contributed by atoms with Crippen molar-refractivity contribution >= 4 is 46.2 Å². The van der Waals surface area contributed by atoms with E-state index in [9.17, 15) is 0 Å². The molecule has 128 valence electrons. The lowest BCUT2D eigenvalue weighted by atomic mass is 10.3. The molecule has 0 aliphatic heterocycles. The molecule has 0 spiro atoms. The highest BCUT2D eigenvalue weighted by atomic mass is 35.5. The van der Waals surface area contributed by atoms with E-state index in [0.29, 0.717) is 49.4 Å². The van der Waals surface area contributed by atoms with Crippen molar-refractivity contribution in [3.8, 4) is 23.0 Å². The Balaban J connectivity index is 1.87. The zero-order chi connectivity index (χ0) is 18.0. The number of rotatable bonds is 4. The molecule has 0 unspecified atom stereocenters. The summed E-state index contributed by atoms with van der Waals surface area (Å²) in [5.74, 6) is 1.92. The molecule has 3 aromatic carbocycles.